The molecule has 2 N–H and O–H groups in total. The Balaban J connectivity index is 2.01. The number of aliphatic hydroxyl groups is 1. The SMILES string of the molecule is C[C@@H](O[Si](C)(C)C(C)(C)C)[C@H]1C(=O)N2C(C(=O)O)=C(CO)S[C@]12Cc1ccc([N+](=O)[O-])cc1. The molecule has 0 radical (unpaired) electrons. The Bertz CT molecular complexity index is 1020. The van der Waals surface area contributed by atoms with Crippen LogP contribution < -0.4 is 0 Å². The molecule has 33 heavy (non-hydrogen) atoms. The normalized spacial score (nSPS) is 23.9. The first-order chi connectivity index (χ1) is 15.2. The Morgan fingerprint density at radius 1 is 1.33 bits per heavy atom. The molecule has 3 atom stereocenters. The second-order valence-electron chi connectivity index (χ2n) is 10.0. The summed E-state index contributed by atoms with van der Waals surface area (Å²) < 4.78 is 6.52. The second kappa shape index (κ2) is 8.53. The van der Waals surface area contributed by atoms with E-state index in [0.717, 1.165) is 5.56 Å². The molecule has 3 rings (SSSR count). The van der Waals surface area contributed by atoms with Gasteiger partial charge in [-0.2, -0.15) is 0 Å². The number of aliphatic carboxylic acids is 1. The minimum atomic E-state index is -2.23. The van der Waals surface area contributed by atoms with Crippen LogP contribution in [0, 0.1) is 16.0 Å². The fourth-order valence-corrected chi connectivity index (χ4v) is 7.36. The van der Waals surface area contributed by atoms with Crippen molar-refractivity contribution < 1.29 is 29.2 Å². The number of carbonyl (C=O) groups is 2. The summed E-state index contributed by atoms with van der Waals surface area (Å²) in [6.45, 7) is 11.8. The maximum atomic E-state index is 13.3. The Labute approximate surface area is 198 Å². The predicted molar refractivity (Wildman–Crippen MR) is 127 cm³/mol. The van der Waals surface area contributed by atoms with Crippen LogP contribution in [0.5, 0.6) is 0 Å². The van der Waals surface area contributed by atoms with Crippen LogP contribution in [0.4, 0.5) is 5.69 Å². The molecule has 2 aliphatic heterocycles. The van der Waals surface area contributed by atoms with Crippen molar-refractivity contribution in [2.75, 3.05) is 6.61 Å². The largest absolute Gasteiger partial charge is 0.477 e. The molecule has 1 aromatic carbocycles. The van der Waals surface area contributed by atoms with Gasteiger partial charge in [-0.3, -0.25) is 19.8 Å². The molecule has 0 bridgehead atoms. The minimum absolute atomic E-state index is 0.0524. The van der Waals surface area contributed by atoms with Crippen LogP contribution in [0.3, 0.4) is 0 Å². The highest BCUT2D eigenvalue weighted by Crippen LogP contribution is 2.60. The maximum Gasteiger partial charge on any atom is 0.353 e. The number of non-ortho nitro benzene ring substituents is 1. The number of β-lactam (4-membered cyclic amide) rings is 1. The molecule has 2 heterocycles. The molecule has 1 aromatic rings. The number of amides is 1. The number of hydrogen-bond donors (Lipinski definition) is 2. The number of nitrogens with zero attached hydrogens (tertiary/aromatic N) is 2. The van der Waals surface area contributed by atoms with Gasteiger partial charge in [-0.1, -0.05) is 44.7 Å². The number of carboxylic acids is 1. The first kappa shape index (κ1) is 25.4. The summed E-state index contributed by atoms with van der Waals surface area (Å²) in [6, 6.07) is 6.00. The fourth-order valence-electron chi connectivity index (χ4n) is 4.24. The van der Waals surface area contributed by atoms with Crippen molar-refractivity contribution in [2.24, 2.45) is 5.92 Å². The van der Waals surface area contributed by atoms with Crippen LogP contribution in [0.15, 0.2) is 34.9 Å². The van der Waals surface area contributed by atoms with Crippen molar-refractivity contribution in [1.29, 1.82) is 0 Å². The van der Waals surface area contributed by atoms with E-state index in [4.69, 9.17) is 4.43 Å². The van der Waals surface area contributed by atoms with Crippen molar-refractivity contribution in [3.05, 3.63) is 50.5 Å². The highest BCUT2D eigenvalue weighted by molar-refractivity contribution is 8.04. The van der Waals surface area contributed by atoms with Crippen molar-refractivity contribution in [3.63, 3.8) is 0 Å². The summed E-state index contributed by atoms with van der Waals surface area (Å²) in [6.07, 6.45) is -0.217. The lowest BCUT2D eigenvalue weighted by atomic mass is 9.78. The molecule has 0 saturated carbocycles. The van der Waals surface area contributed by atoms with E-state index in [1.165, 1.54) is 28.8 Å². The third kappa shape index (κ3) is 4.22. The van der Waals surface area contributed by atoms with E-state index in [1.807, 2.05) is 6.92 Å². The molecule has 2 aliphatic rings. The van der Waals surface area contributed by atoms with E-state index < -0.39 is 42.7 Å². The highest BCUT2D eigenvalue weighted by Gasteiger charge is 2.68. The quantitative estimate of drug-likeness (QED) is 0.242. The number of nitro groups is 1. The lowest BCUT2D eigenvalue weighted by molar-refractivity contribution is -0.384. The molecule has 9 nitrogen and oxygen atoms in total. The summed E-state index contributed by atoms with van der Waals surface area (Å²) in [7, 11) is -2.23. The Hall–Kier alpha value is -2.21. The summed E-state index contributed by atoms with van der Waals surface area (Å²) in [5.41, 5.74) is 0.465. The van der Waals surface area contributed by atoms with Gasteiger partial charge in [0.2, 0.25) is 5.91 Å². The van der Waals surface area contributed by atoms with E-state index in [-0.39, 0.29) is 33.7 Å². The molecule has 0 unspecified atom stereocenters. The number of thioether (sulfide) groups is 1. The van der Waals surface area contributed by atoms with Crippen molar-refractivity contribution in [3.8, 4) is 0 Å². The van der Waals surface area contributed by atoms with E-state index in [0.29, 0.717) is 0 Å². The number of carbonyl (C=O) groups excluding carboxylic acids is 1. The molecule has 1 fully saturated rings. The average molecular weight is 495 g/mol. The Morgan fingerprint density at radius 3 is 2.36 bits per heavy atom. The van der Waals surface area contributed by atoms with Crippen LogP contribution in [0.2, 0.25) is 18.1 Å². The van der Waals surface area contributed by atoms with E-state index >= 15 is 0 Å². The standard InChI is InChI=1S/C22H30N2O7SSi/c1-13(31-33(5,6)21(2,3)4)17-19(26)23-18(20(27)28)16(12-25)32-22(17,23)11-14-7-9-15(10-8-14)24(29)30/h7-10,13,17,25H,11-12H2,1-6H3,(H,27,28)/t13-,17+,22-/m1/s1. The first-order valence-corrected chi connectivity index (χ1v) is 14.4. The molecule has 0 aliphatic carbocycles. The Kier molecular flexibility index (Phi) is 6.57. The van der Waals surface area contributed by atoms with Gasteiger partial charge >= 0.3 is 5.97 Å². The van der Waals surface area contributed by atoms with Crippen LogP contribution in [-0.4, -0.2) is 57.8 Å². The van der Waals surface area contributed by atoms with E-state index in [2.05, 4.69) is 33.9 Å². The van der Waals surface area contributed by atoms with Crippen molar-refractivity contribution >= 4 is 37.6 Å². The molecule has 0 aromatic heterocycles. The topological polar surface area (TPSA) is 130 Å². The van der Waals surface area contributed by atoms with Gasteiger partial charge in [-0.15, -0.1) is 0 Å². The molecule has 11 heteroatoms. The van der Waals surface area contributed by atoms with E-state index in [9.17, 15) is 29.9 Å². The van der Waals surface area contributed by atoms with Crippen LogP contribution >= 0.6 is 11.8 Å². The molecule has 180 valence electrons. The van der Waals surface area contributed by atoms with Gasteiger partial charge in [0.1, 0.15) is 10.6 Å². The summed E-state index contributed by atoms with van der Waals surface area (Å²) in [5, 5.41) is 30.6. The van der Waals surface area contributed by atoms with Gasteiger partial charge in [0, 0.05) is 23.5 Å². The average Bonchev–Trinajstić information content (AvgIpc) is 2.97. The smallest absolute Gasteiger partial charge is 0.353 e. The third-order valence-corrected chi connectivity index (χ3v) is 12.9. The van der Waals surface area contributed by atoms with Gasteiger partial charge in [-0.05, 0) is 30.6 Å². The molecular formula is C22H30N2O7SSi. The maximum absolute atomic E-state index is 13.3. The zero-order valence-corrected chi connectivity index (χ0v) is 21.4. The number of hydrogen-bond acceptors (Lipinski definition) is 7. The molecule has 1 saturated heterocycles. The van der Waals surface area contributed by atoms with Gasteiger partial charge in [0.15, 0.2) is 8.32 Å². The summed E-state index contributed by atoms with van der Waals surface area (Å²) >= 11 is 1.18. The Morgan fingerprint density at radius 2 is 1.91 bits per heavy atom. The van der Waals surface area contributed by atoms with Crippen LogP contribution in [0.25, 0.3) is 0 Å². The van der Waals surface area contributed by atoms with Gasteiger partial charge in [0.05, 0.1) is 23.6 Å². The second-order valence-corrected chi connectivity index (χ2v) is 16.2. The van der Waals surface area contributed by atoms with Crippen LogP contribution in [0.1, 0.15) is 33.3 Å². The third-order valence-electron chi connectivity index (χ3n) is 6.85. The first-order valence-electron chi connectivity index (χ1n) is 10.7. The van der Waals surface area contributed by atoms with Crippen molar-refractivity contribution in [1.82, 2.24) is 4.90 Å². The van der Waals surface area contributed by atoms with Gasteiger partial charge in [-0.25, -0.2) is 4.79 Å². The fraction of sp³-hybridized carbons (Fsp3) is 0.545. The number of benzene rings is 1. The van der Waals surface area contributed by atoms with Crippen LogP contribution in [-0.2, 0) is 20.4 Å². The summed E-state index contributed by atoms with van der Waals surface area (Å²) in [4.78, 5) is 36.3. The zero-order valence-electron chi connectivity index (χ0n) is 19.6. The number of nitro benzene ring substituents is 1. The number of aliphatic hydroxyl groups excluding tert-OH is 1. The van der Waals surface area contributed by atoms with Gasteiger partial charge < -0.3 is 14.6 Å². The van der Waals surface area contributed by atoms with Gasteiger partial charge in [0.25, 0.3) is 5.69 Å². The monoisotopic (exact) mass is 494 g/mol. The van der Waals surface area contributed by atoms with Crippen molar-refractivity contribution in [2.45, 2.75) is 63.2 Å². The number of fused-ring (bicyclic) bond motifs is 1. The number of carboxylic acid groups (broad SMARTS) is 1. The highest BCUT2D eigenvalue weighted by atomic mass is 32.2. The molecular weight excluding hydrogens is 464 g/mol. The van der Waals surface area contributed by atoms with E-state index in [1.54, 1.807) is 12.1 Å². The summed E-state index contributed by atoms with van der Waals surface area (Å²) in [5.74, 6) is -2.26. The molecule has 0 spiro atoms. The lowest BCUT2D eigenvalue weighted by Gasteiger charge is -2.56. The number of rotatable bonds is 8. The lowest BCUT2D eigenvalue weighted by Crippen LogP contribution is -2.71. The minimum Gasteiger partial charge on any atom is -0.477 e. The molecule has 1 amide bonds. The predicted octanol–water partition coefficient (Wildman–Crippen LogP) is 3.74. The zero-order chi connectivity index (χ0) is 24.9.